The van der Waals surface area contributed by atoms with Gasteiger partial charge in [-0.1, -0.05) is 39.8 Å². The van der Waals surface area contributed by atoms with Crippen molar-refractivity contribution >= 4 is 9.84 Å². The lowest BCUT2D eigenvalue weighted by Crippen LogP contribution is -2.41. The zero-order valence-corrected chi connectivity index (χ0v) is 12.4. The third kappa shape index (κ3) is 3.82. The molecule has 0 fully saturated rings. The maximum Gasteiger partial charge on any atom is 0.179 e. The molecule has 1 aromatic carbocycles. The standard InChI is InChI=1S/C14H23NO2S/c1-5-11-6-8-12(9-7-11)18(16,17)10-13(15)14(2,3)4/h6-9,13H,5,10,15H2,1-4H3. The van der Waals surface area contributed by atoms with Crippen molar-refractivity contribution in [3.8, 4) is 0 Å². The largest absolute Gasteiger partial charge is 0.326 e. The molecule has 0 saturated heterocycles. The summed E-state index contributed by atoms with van der Waals surface area (Å²) in [5, 5.41) is 0. The number of benzene rings is 1. The Morgan fingerprint density at radius 2 is 1.67 bits per heavy atom. The van der Waals surface area contributed by atoms with Gasteiger partial charge in [0.2, 0.25) is 0 Å². The summed E-state index contributed by atoms with van der Waals surface area (Å²) in [5.74, 6) is -0.0119. The van der Waals surface area contributed by atoms with Crippen LogP contribution >= 0.6 is 0 Å². The first-order valence-corrected chi connectivity index (χ1v) is 7.89. The molecular formula is C14H23NO2S. The molecule has 1 atom stereocenters. The summed E-state index contributed by atoms with van der Waals surface area (Å²) in [6.45, 7) is 7.90. The number of hydrogen-bond acceptors (Lipinski definition) is 3. The summed E-state index contributed by atoms with van der Waals surface area (Å²) < 4.78 is 24.4. The SMILES string of the molecule is CCc1ccc(S(=O)(=O)CC(N)C(C)(C)C)cc1. The van der Waals surface area contributed by atoms with Crippen LogP contribution < -0.4 is 5.73 Å². The van der Waals surface area contributed by atoms with Crippen LogP contribution in [0.5, 0.6) is 0 Å². The Morgan fingerprint density at radius 1 is 1.17 bits per heavy atom. The van der Waals surface area contributed by atoms with Gasteiger partial charge in [0.25, 0.3) is 0 Å². The summed E-state index contributed by atoms with van der Waals surface area (Å²) in [5.41, 5.74) is 6.87. The minimum absolute atomic E-state index is 0.0119. The van der Waals surface area contributed by atoms with Crippen LogP contribution in [0.25, 0.3) is 0 Å². The van der Waals surface area contributed by atoms with Crippen LogP contribution in [0, 0.1) is 5.41 Å². The second-order valence-electron chi connectivity index (χ2n) is 5.75. The van der Waals surface area contributed by atoms with Crippen molar-refractivity contribution in [2.24, 2.45) is 11.1 Å². The van der Waals surface area contributed by atoms with Gasteiger partial charge in [-0.05, 0) is 29.5 Å². The van der Waals surface area contributed by atoms with Gasteiger partial charge in [-0.25, -0.2) is 8.42 Å². The topological polar surface area (TPSA) is 60.2 Å². The van der Waals surface area contributed by atoms with Gasteiger partial charge in [0.1, 0.15) is 0 Å². The van der Waals surface area contributed by atoms with E-state index in [1.165, 1.54) is 0 Å². The van der Waals surface area contributed by atoms with Crippen molar-refractivity contribution in [1.29, 1.82) is 0 Å². The molecule has 0 bridgehead atoms. The van der Waals surface area contributed by atoms with E-state index in [2.05, 4.69) is 0 Å². The molecule has 0 spiro atoms. The zero-order chi connectivity index (χ0) is 14.0. The highest BCUT2D eigenvalue weighted by molar-refractivity contribution is 7.91. The van der Waals surface area contributed by atoms with Gasteiger partial charge in [0.05, 0.1) is 10.6 Å². The Hall–Kier alpha value is -0.870. The average molecular weight is 269 g/mol. The van der Waals surface area contributed by atoms with Gasteiger partial charge in [-0.15, -0.1) is 0 Å². The predicted molar refractivity (Wildman–Crippen MR) is 75.3 cm³/mol. The number of rotatable bonds is 4. The molecule has 1 unspecified atom stereocenters. The predicted octanol–water partition coefficient (Wildman–Crippen LogP) is 2.40. The van der Waals surface area contributed by atoms with E-state index in [1.54, 1.807) is 12.1 Å². The monoisotopic (exact) mass is 269 g/mol. The smallest absolute Gasteiger partial charge is 0.179 e. The zero-order valence-electron chi connectivity index (χ0n) is 11.6. The third-order valence-corrected chi connectivity index (χ3v) is 4.99. The molecule has 0 aliphatic carbocycles. The van der Waals surface area contributed by atoms with E-state index in [0.717, 1.165) is 12.0 Å². The molecule has 0 amide bonds. The molecule has 1 rings (SSSR count). The van der Waals surface area contributed by atoms with Crippen molar-refractivity contribution in [3.63, 3.8) is 0 Å². The molecule has 0 saturated carbocycles. The van der Waals surface area contributed by atoms with Crippen molar-refractivity contribution < 1.29 is 8.42 Å². The van der Waals surface area contributed by atoms with Gasteiger partial charge in [-0.2, -0.15) is 0 Å². The maximum absolute atomic E-state index is 12.2. The van der Waals surface area contributed by atoms with E-state index in [4.69, 9.17) is 5.73 Å². The first-order chi connectivity index (χ1) is 8.16. The highest BCUT2D eigenvalue weighted by Crippen LogP contribution is 2.21. The van der Waals surface area contributed by atoms with Crippen molar-refractivity contribution in [2.75, 3.05) is 5.75 Å². The van der Waals surface area contributed by atoms with E-state index in [0.29, 0.717) is 4.90 Å². The van der Waals surface area contributed by atoms with Gasteiger partial charge >= 0.3 is 0 Å². The fourth-order valence-electron chi connectivity index (χ4n) is 1.52. The molecular weight excluding hydrogens is 246 g/mol. The molecule has 0 aromatic heterocycles. The van der Waals surface area contributed by atoms with Crippen LogP contribution in [0.3, 0.4) is 0 Å². The Balaban J connectivity index is 2.93. The van der Waals surface area contributed by atoms with Crippen molar-refractivity contribution in [2.45, 2.75) is 45.1 Å². The third-order valence-electron chi connectivity index (χ3n) is 3.20. The van der Waals surface area contributed by atoms with E-state index in [9.17, 15) is 8.42 Å². The maximum atomic E-state index is 12.2. The van der Waals surface area contributed by atoms with E-state index in [-0.39, 0.29) is 17.2 Å². The van der Waals surface area contributed by atoms with E-state index >= 15 is 0 Å². The Kier molecular flexibility index (Phi) is 4.56. The summed E-state index contributed by atoms with van der Waals surface area (Å²) in [7, 11) is -3.29. The molecule has 1 aromatic rings. The Morgan fingerprint density at radius 3 is 2.06 bits per heavy atom. The van der Waals surface area contributed by atoms with E-state index in [1.807, 2.05) is 39.8 Å². The van der Waals surface area contributed by atoms with Crippen LogP contribution in [0.1, 0.15) is 33.3 Å². The van der Waals surface area contributed by atoms with Crippen LogP contribution in [0.15, 0.2) is 29.2 Å². The summed E-state index contributed by atoms with van der Waals surface area (Å²) >= 11 is 0. The number of aryl methyl sites for hydroxylation is 1. The van der Waals surface area contributed by atoms with Crippen LogP contribution in [0.2, 0.25) is 0 Å². The molecule has 3 nitrogen and oxygen atoms in total. The summed E-state index contributed by atoms with van der Waals surface area (Å²) in [6, 6.07) is 6.69. The average Bonchev–Trinajstić information content (AvgIpc) is 2.27. The highest BCUT2D eigenvalue weighted by atomic mass is 32.2. The fraction of sp³-hybridized carbons (Fsp3) is 0.571. The fourth-order valence-corrected chi connectivity index (χ4v) is 3.23. The molecule has 0 heterocycles. The first-order valence-electron chi connectivity index (χ1n) is 6.24. The summed E-state index contributed by atoms with van der Waals surface area (Å²) in [4.78, 5) is 0.361. The molecule has 102 valence electrons. The highest BCUT2D eigenvalue weighted by Gasteiger charge is 2.27. The van der Waals surface area contributed by atoms with Crippen LogP contribution in [-0.2, 0) is 16.3 Å². The lowest BCUT2D eigenvalue weighted by molar-refractivity contribution is 0.340. The normalized spacial score (nSPS) is 14.5. The van der Waals surface area contributed by atoms with Gasteiger partial charge in [0, 0.05) is 6.04 Å². The molecule has 2 N–H and O–H groups in total. The first kappa shape index (κ1) is 15.2. The molecule has 0 aliphatic rings. The molecule has 0 aliphatic heterocycles. The number of sulfone groups is 1. The number of hydrogen-bond donors (Lipinski definition) is 1. The van der Waals surface area contributed by atoms with Crippen molar-refractivity contribution in [3.05, 3.63) is 29.8 Å². The Bertz CT molecular complexity index is 484. The van der Waals surface area contributed by atoms with E-state index < -0.39 is 9.84 Å². The minimum Gasteiger partial charge on any atom is -0.326 e. The van der Waals surface area contributed by atoms with Crippen molar-refractivity contribution in [1.82, 2.24) is 0 Å². The molecule has 18 heavy (non-hydrogen) atoms. The van der Waals surface area contributed by atoms with Gasteiger partial charge in [-0.3, -0.25) is 0 Å². The summed E-state index contributed by atoms with van der Waals surface area (Å²) in [6.07, 6.45) is 0.905. The van der Waals surface area contributed by atoms with Gasteiger partial charge in [0.15, 0.2) is 9.84 Å². The lowest BCUT2D eigenvalue weighted by Gasteiger charge is -2.26. The minimum atomic E-state index is -3.29. The van der Waals surface area contributed by atoms with Gasteiger partial charge < -0.3 is 5.73 Å². The lowest BCUT2D eigenvalue weighted by atomic mass is 9.89. The number of nitrogens with two attached hydrogens (primary N) is 1. The molecule has 0 radical (unpaired) electrons. The van der Waals surface area contributed by atoms with Crippen LogP contribution in [0.4, 0.5) is 0 Å². The van der Waals surface area contributed by atoms with Crippen LogP contribution in [-0.4, -0.2) is 20.2 Å². The Labute approximate surface area is 110 Å². The second kappa shape index (κ2) is 5.41. The quantitative estimate of drug-likeness (QED) is 0.913. The molecule has 4 heteroatoms. The second-order valence-corrected chi connectivity index (χ2v) is 7.79.